The summed E-state index contributed by atoms with van der Waals surface area (Å²) in [5.74, 6) is -0.0934. The first-order valence-electron chi connectivity index (χ1n) is 9.12. The first kappa shape index (κ1) is 22.4. The van der Waals surface area contributed by atoms with Gasteiger partial charge in [0.1, 0.15) is 11.5 Å². The van der Waals surface area contributed by atoms with Crippen LogP contribution < -0.4 is 14.2 Å². The van der Waals surface area contributed by atoms with Gasteiger partial charge in [0.2, 0.25) is 0 Å². The molecule has 0 atom stereocenters. The van der Waals surface area contributed by atoms with Crippen LogP contribution in [0.5, 0.6) is 11.5 Å². The summed E-state index contributed by atoms with van der Waals surface area (Å²) in [7, 11) is -6.74. The first-order chi connectivity index (χ1) is 14.5. The lowest BCUT2D eigenvalue weighted by molar-refractivity contribution is 0.417. The predicted octanol–water partition coefficient (Wildman–Crippen LogP) is 3.62. The van der Waals surface area contributed by atoms with Crippen LogP contribution >= 0.6 is 0 Å². The summed E-state index contributed by atoms with van der Waals surface area (Å²) in [6, 6.07) is 14.4. The molecule has 3 aromatic rings. The van der Waals surface area contributed by atoms with E-state index in [1.54, 1.807) is 31.2 Å². The topological polar surface area (TPSA) is 122 Å². The van der Waals surface area contributed by atoms with Gasteiger partial charge in [-0.05, 0) is 67.4 Å². The van der Waals surface area contributed by atoms with E-state index >= 15 is 0 Å². The fourth-order valence-electron chi connectivity index (χ4n) is 2.78. The maximum Gasteiger partial charge on any atom is 0.262 e. The van der Waals surface area contributed by atoms with Crippen molar-refractivity contribution in [2.45, 2.75) is 23.6 Å². The molecule has 0 spiro atoms. The van der Waals surface area contributed by atoms with Gasteiger partial charge in [0, 0.05) is 0 Å². The van der Waals surface area contributed by atoms with Crippen LogP contribution in [0.2, 0.25) is 0 Å². The Kier molecular flexibility index (Phi) is 6.14. The second-order valence-corrected chi connectivity index (χ2v) is 10.2. The van der Waals surface area contributed by atoms with E-state index in [-0.39, 0.29) is 21.2 Å². The van der Waals surface area contributed by atoms with Crippen LogP contribution in [0.25, 0.3) is 0 Å². The van der Waals surface area contributed by atoms with Gasteiger partial charge in [-0.1, -0.05) is 18.2 Å². The van der Waals surface area contributed by atoms with E-state index in [4.69, 9.17) is 4.74 Å². The number of aryl methyl sites for hydroxylation is 2. The van der Waals surface area contributed by atoms with Gasteiger partial charge in [0.15, 0.2) is 0 Å². The van der Waals surface area contributed by atoms with Crippen molar-refractivity contribution in [3.63, 3.8) is 0 Å². The molecular formula is C21H22N2O6S2. The maximum absolute atomic E-state index is 12.8. The number of sulfonamides is 2. The number of benzene rings is 3. The Labute approximate surface area is 181 Å². The Morgan fingerprint density at radius 3 is 1.97 bits per heavy atom. The summed E-state index contributed by atoms with van der Waals surface area (Å²) in [5, 5.41) is 10.1. The molecule has 0 heterocycles. The highest BCUT2D eigenvalue weighted by atomic mass is 32.2. The SMILES string of the molecule is COc1ccccc1NS(=O)(=O)c1ccc(O)c(NS(=O)(=O)c2ccc(C)c(C)c2)c1. The van der Waals surface area contributed by atoms with E-state index in [0.717, 1.165) is 23.3 Å². The molecule has 3 rings (SSSR count). The Hall–Kier alpha value is -3.24. The quantitative estimate of drug-likeness (QED) is 0.461. The third-order valence-corrected chi connectivity index (χ3v) is 7.39. The second kappa shape index (κ2) is 8.48. The average molecular weight is 463 g/mol. The van der Waals surface area contributed by atoms with Crippen LogP contribution in [-0.2, 0) is 20.0 Å². The van der Waals surface area contributed by atoms with Crippen LogP contribution in [0.3, 0.4) is 0 Å². The molecule has 0 unspecified atom stereocenters. The van der Waals surface area contributed by atoms with Crippen molar-refractivity contribution in [1.29, 1.82) is 0 Å². The summed E-state index contributed by atoms with van der Waals surface area (Å²) in [4.78, 5) is -0.246. The second-order valence-electron chi connectivity index (χ2n) is 6.84. The number of rotatable bonds is 7. The van der Waals surface area contributed by atoms with Crippen molar-refractivity contribution >= 4 is 31.4 Å². The Morgan fingerprint density at radius 1 is 0.742 bits per heavy atom. The number of aromatic hydroxyl groups is 1. The summed E-state index contributed by atoms with van der Waals surface area (Å²) >= 11 is 0. The number of anilines is 2. The third-order valence-electron chi connectivity index (χ3n) is 4.66. The van der Waals surface area contributed by atoms with Crippen LogP contribution in [0.4, 0.5) is 11.4 Å². The van der Waals surface area contributed by atoms with Crippen LogP contribution in [-0.4, -0.2) is 29.1 Å². The molecule has 0 aliphatic rings. The summed E-state index contributed by atoms with van der Waals surface area (Å²) in [6.45, 7) is 3.64. The number of phenols is 1. The molecule has 10 heteroatoms. The smallest absolute Gasteiger partial charge is 0.262 e. The lowest BCUT2D eigenvalue weighted by Crippen LogP contribution is -2.16. The highest BCUT2D eigenvalue weighted by Gasteiger charge is 2.21. The Bertz CT molecular complexity index is 1340. The highest BCUT2D eigenvalue weighted by molar-refractivity contribution is 7.93. The van der Waals surface area contributed by atoms with E-state index < -0.39 is 25.8 Å². The molecule has 0 saturated heterocycles. The zero-order valence-electron chi connectivity index (χ0n) is 17.1. The fourth-order valence-corrected chi connectivity index (χ4v) is 5.03. The molecule has 0 saturated carbocycles. The van der Waals surface area contributed by atoms with E-state index in [9.17, 15) is 21.9 Å². The Balaban J connectivity index is 1.95. The molecule has 31 heavy (non-hydrogen) atoms. The standard InChI is InChI=1S/C21H22N2O6S2/c1-14-8-9-16(12-15(14)2)30(25,26)23-19-13-17(10-11-20(19)24)31(27,28)22-18-6-4-5-7-21(18)29-3/h4-13,22-24H,1-3H3. The number of phenolic OH excluding ortho intramolecular Hbond substituents is 1. The van der Waals surface area contributed by atoms with Gasteiger partial charge in [0.25, 0.3) is 20.0 Å². The van der Waals surface area contributed by atoms with Gasteiger partial charge in [0.05, 0.1) is 28.3 Å². The minimum absolute atomic E-state index is 0.00425. The lowest BCUT2D eigenvalue weighted by atomic mass is 10.1. The normalized spacial score (nSPS) is 11.7. The molecule has 0 bridgehead atoms. The molecule has 0 aliphatic heterocycles. The van der Waals surface area contributed by atoms with E-state index in [1.165, 1.54) is 31.4 Å². The molecule has 0 fully saturated rings. The minimum atomic E-state index is -4.09. The van der Waals surface area contributed by atoms with Crippen molar-refractivity contribution in [3.8, 4) is 11.5 Å². The van der Waals surface area contributed by atoms with Crippen LogP contribution in [0.1, 0.15) is 11.1 Å². The monoisotopic (exact) mass is 462 g/mol. The fraction of sp³-hybridized carbons (Fsp3) is 0.143. The zero-order chi connectivity index (χ0) is 22.8. The van der Waals surface area contributed by atoms with Gasteiger partial charge >= 0.3 is 0 Å². The van der Waals surface area contributed by atoms with Gasteiger partial charge < -0.3 is 9.84 Å². The molecule has 164 valence electrons. The summed E-state index contributed by atoms with van der Waals surface area (Å²) < 4.78 is 60.9. The van der Waals surface area contributed by atoms with Crippen LogP contribution in [0.15, 0.2) is 70.5 Å². The molecule has 0 amide bonds. The van der Waals surface area contributed by atoms with E-state index in [2.05, 4.69) is 9.44 Å². The average Bonchev–Trinajstić information content (AvgIpc) is 2.71. The molecule has 0 aliphatic carbocycles. The molecular weight excluding hydrogens is 440 g/mol. The predicted molar refractivity (Wildman–Crippen MR) is 119 cm³/mol. The number of nitrogens with one attached hydrogen (secondary N) is 2. The zero-order valence-corrected chi connectivity index (χ0v) is 18.7. The number of ether oxygens (including phenoxy) is 1. The molecule has 0 aromatic heterocycles. The molecule has 0 radical (unpaired) electrons. The molecule has 3 aromatic carbocycles. The van der Waals surface area contributed by atoms with Crippen LogP contribution in [0, 0.1) is 13.8 Å². The highest BCUT2D eigenvalue weighted by Crippen LogP contribution is 2.31. The van der Waals surface area contributed by atoms with Gasteiger partial charge in [-0.3, -0.25) is 9.44 Å². The molecule has 8 nitrogen and oxygen atoms in total. The van der Waals surface area contributed by atoms with Crippen molar-refractivity contribution in [1.82, 2.24) is 0 Å². The van der Waals surface area contributed by atoms with Crippen molar-refractivity contribution in [2.75, 3.05) is 16.6 Å². The lowest BCUT2D eigenvalue weighted by Gasteiger charge is -2.14. The van der Waals surface area contributed by atoms with Gasteiger partial charge in [-0.2, -0.15) is 0 Å². The summed E-state index contributed by atoms with van der Waals surface area (Å²) in [5.41, 5.74) is 1.67. The largest absolute Gasteiger partial charge is 0.506 e. The van der Waals surface area contributed by atoms with Crippen molar-refractivity contribution in [3.05, 3.63) is 71.8 Å². The van der Waals surface area contributed by atoms with Crippen molar-refractivity contribution < 1.29 is 26.7 Å². The van der Waals surface area contributed by atoms with Gasteiger partial charge in [-0.15, -0.1) is 0 Å². The Morgan fingerprint density at radius 2 is 1.32 bits per heavy atom. The molecule has 3 N–H and O–H groups in total. The number of hydrogen-bond donors (Lipinski definition) is 3. The maximum atomic E-state index is 12.8. The van der Waals surface area contributed by atoms with Crippen molar-refractivity contribution in [2.24, 2.45) is 0 Å². The minimum Gasteiger partial charge on any atom is -0.506 e. The van der Waals surface area contributed by atoms with Gasteiger partial charge in [-0.25, -0.2) is 16.8 Å². The first-order valence-corrected chi connectivity index (χ1v) is 12.1. The number of hydrogen-bond acceptors (Lipinski definition) is 6. The van der Waals surface area contributed by atoms with E-state index in [1.807, 2.05) is 6.92 Å². The van der Waals surface area contributed by atoms with E-state index in [0.29, 0.717) is 5.75 Å². The third kappa shape index (κ3) is 4.92. The summed E-state index contributed by atoms with van der Waals surface area (Å²) in [6.07, 6.45) is 0. The number of methoxy groups -OCH3 is 1. The number of para-hydroxylation sites is 2.